The Morgan fingerprint density at radius 1 is 1.47 bits per heavy atom. The molecule has 1 amide bonds. The summed E-state index contributed by atoms with van der Waals surface area (Å²) in [7, 11) is 0. The Bertz CT molecular complexity index is 425. The van der Waals surface area contributed by atoms with Crippen molar-refractivity contribution in [3.63, 3.8) is 0 Å². The van der Waals surface area contributed by atoms with Gasteiger partial charge in [0.25, 0.3) is 5.91 Å². The number of aliphatic hydroxyl groups excluding tert-OH is 3. The number of hydrogen-bond donors (Lipinski definition) is 5. The van der Waals surface area contributed by atoms with Crippen LogP contribution < -0.4 is 11.1 Å². The van der Waals surface area contributed by atoms with E-state index in [1.807, 2.05) is 0 Å². The first-order valence-electron chi connectivity index (χ1n) is 5.81. The van der Waals surface area contributed by atoms with Gasteiger partial charge in [0.2, 0.25) is 0 Å². The van der Waals surface area contributed by atoms with Crippen molar-refractivity contribution >= 4 is 5.91 Å². The lowest BCUT2D eigenvalue weighted by molar-refractivity contribution is -0.119. The molecule has 0 bridgehead atoms. The molecule has 2 rings (SSSR count). The zero-order valence-electron chi connectivity index (χ0n) is 10.2. The van der Waals surface area contributed by atoms with Crippen LogP contribution in [0.15, 0.2) is 24.2 Å². The van der Waals surface area contributed by atoms with Crippen LogP contribution >= 0.6 is 0 Å². The molecule has 1 fully saturated rings. The van der Waals surface area contributed by atoms with E-state index in [-0.39, 0.29) is 17.9 Å². The molecule has 0 aliphatic carbocycles. The van der Waals surface area contributed by atoms with Crippen LogP contribution in [-0.4, -0.2) is 63.8 Å². The maximum absolute atomic E-state index is 11.5. The normalized spacial score (nSPS) is 35.4. The van der Waals surface area contributed by atoms with Crippen molar-refractivity contribution < 1.29 is 24.9 Å². The van der Waals surface area contributed by atoms with Gasteiger partial charge in [0.1, 0.15) is 24.1 Å². The van der Waals surface area contributed by atoms with E-state index in [1.54, 1.807) is 0 Å². The van der Waals surface area contributed by atoms with Gasteiger partial charge in [0.05, 0.1) is 12.2 Å². The van der Waals surface area contributed by atoms with Gasteiger partial charge in [0, 0.05) is 12.7 Å². The summed E-state index contributed by atoms with van der Waals surface area (Å²) in [6.07, 6.45) is -2.60. The Morgan fingerprint density at radius 3 is 2.68 bits per heavy atom. The van der Waals surface area contributed by atoms with E-state index in [9.17, 15) is 15.0 Å². The quantitative estimate of drug-likeness (QED) is 0.374. The van der Waals surface area contributed by atoms with E-state index in [2.05, 4.69) is 11.9 Å². The molecule has 0 radical (unpaired) electrons. The summed E-state index contributed by atoms with van der Waals surface area (Å²) in [5, 5.41) is 31.2. The summed E-state index contributed by atoms with van der Waals surface area (Å²) in [6.45, 7) is 3.23. The molecular weight excluding hydrogens is 254 g/mol. The van der Waals surface area contributed by atoms with Gasteiger partial charge in [0.15, 0.2) is 6.23 Å². The summed E-state index contributed by atoms with van der Waals surface area (Å²) in [4.78, 5) is 12.8. The third kappa shape index (κ3) is 2.36. The minimum Gasteiger partial charge on any atom is -0.391 e. The molecule has 0 aromatic rings. The Kier molecular flexibility index (Phi) is 3.88. The highest BCUT2D eigenvalue weighted by molar-refractivity contribution is 5.95. The van der Waals surface area contributed by atoms with E-state index in [4.69, 9.17) is 15.6 Å². The molecule has 4 atom stereocenters. The van der Waals surface area contributed by atoms with Crippen LogP contribution in [0.25, 0.3) is 0 Å². The number of carbonyl (C=O) groups excluding carboxylic acids is 1. The Balaban J connectivity index is 2.24. The van der Waals surface area contributed by atoms with Crippen LogP contribution in [0.2, 0.25) is 0 Å². The second-order valence-corrected chi connectivity index (χ2v) is 4.40. The standard InChI is InChI=1S/C11H17N3O5/c1-5-13-10(18)6(4-15)3-14(5)11-9(17)8(16)7(2-12)19-11/h3,7-9,11,15-17H,1-2,4,12H2,(H,13,18)/t7-,8?,9+,11-/m1/s1. The van der Waals surface area contributed by atoms with Gasteiger partial charge in [-0.15, -0.1) is 0 Å². The van der Waals surface area contributed by atoms with E-state index in [0.29, 0.717) is 0 Å². The zero-order valence-corrected chi connectivity index (χ0v) is 10.2. The molecular formula is C11H17N3O5. The average Bonchev–Trinajstić information content (AvgIpc) is 2.67. The van der Waals surface area contributed by atoms with Gasteiger partial charge in [-0.1, -0.05) is 6.58 Å². The summed E-state index contributed by atoms with van der Waals surface area (Å²) in [5.41, 5.74) is 5.53. The number of nitrogens with one attached hydrogen (secondary N) is 1. The SMILES string of the molecule is C=C1NC(=O)C(CO)=CN1[C@@H]1O[C@H](CN)C(O)[C@@H]1O. The zero-order chi connectivity index (χ0) is 14.2. The fourth-order valence-electron chi connectivity index (χ4n) is 2.07. The van der Waals surface area contributed by atoms with E-state index >= 15 is 0 Å². The van der Waals surface area contributed by atoms with Crippen molar-refractivity contribution in [1.29, 1.82) is 0 Å². The average molecular weight is 271 g/mol. The van der Waals surface area contributed by atoms with Crippen LogP contribution in [0.4, 0.5) is 0 Å². The molecule has 0 spiro atoms. The predicted molar refractivity (Wildman–Crippen MR) is 64.0 cm³/mol. The minimum atomic E-state index is -1.20. The molecule has 2 aliphatic heterocycles. The van der Waals surface area contributed by atoms with Crippen LogP contribution in [-0.2, 0) is 9.53 Å². The molecule has 1 saturated heterocycles. The Hall–Kier alpha value is -1.45. The van der Waals surface area contributed by atoms with Crippen molar-refractivity contribution in [2.75, 3.05) is 13.2 Å². The number of rotatable bonds is 3. The molecule has 2 heterocycles. The number of ether oxygens (including phenoxy) is 1. The van der Waals surface area contributed by atoms with Gasteiger partial charge < -0.3 is 36.0 Å². The smallest absolute Gasteiger partial charge is 0.256 e. The van der Waals surface area contributed by atoms with Gasteiger partial charge in [-0.25, -0.2) is 0 Å². The van der Waals surface area contributed by atoms with Crippen molar-refractivity contribution in [3.05, 3.63) is 24.2 Å². The topological polar surface area (TPSA) is 128 Å². The molecule has 8 heteroatoms. The highest BCUT2D eigenvalue weighted by atomic mass is 16.6. The molecule has 1 unspecified atom stereocenters. The molecule has 19 heavy (non-hydrogen) atoms. The van der Waals surface area contributed by atoms with Crippen molar-refractivity contribution in [3.8, 4) is 0 Å². The van der Waals surface area contributed by atoms with Crippen molar-refractivity contribution in [2.45, 2.75) is 24.5 Å². The first-order valence-corrected chi connectivity index (χ1v) is 5.81. The maximum atomic E-state index is 11.5. The summed E-state index contributed by atoms with van der Waals surface area (Å²) in [6, 6.07) is 0. The van der Waals surface area contributed by atoms with Gasteiger partial charge in [-0.05, 0) is 0 Å². The third-order valence-electron chi connectivity index (χ3n) is 3.17. The fraction of sp³-hybridized carbons (Fsp3) is 0.545. The molecule has 0 aromatic carbocycles. The molecule has 8 nitrogen and oxygen atoms in total. The minimum absolute atomic E-state index is 0.0535. The van der Waals surface area contributed by atoms with Gasteiger partial charge in [-0.2, -0.15) is 0 Å². The van der Waals surface area contributed by atoms with E-state index in [1.165, 1.54) is 11.1 Å². The van der Waals surface area contributed by atoms with E-state index < -0.39 is 37.1 Å². The molecule has 2 aliphatic rings. The summed E-state index contributed by atoms with van der Waals surface area (Å²) >= 11 is 0. The highest BCUT2D eigenvalue weighted by Crippen LogP contribution is 2.27. The first-order chi connectivity index (χ1) is 8.99. The number of hydrogen-bond acceptors (Lipinski definition) is 7. The lowest BCUT2D eigenvalue weighted by Gasteiger charge is -2.34. The molecule has 106 valence electrons. The Morgan fingerprint density at radius 2 is 2.16 bits per heavy atom. The number of aliphatic hydroxyl groups is 3. The number of amides is 1. The fourth-order valence-corrected chi connectivity index (χ4v) is 2.07. The van der Waals surface area contributed by atoms with Gasteiger partial charge >= 0.3 is 0 Å². The van der Waals surface area contributed by atoms with Crippen LogP contribution in [0, 0.1) is 0 Å². The Labute approximate surface area is 109 Å². The number of nitrogens with zero attached hydrogens (tertiary/aromatic N) is 1. The van der Waals surface area contributed by atoms with Crippen LogP contribution in [0.3, 0.4) is 0 Å². The largest absolute Gasteiger partial charge is 0.391 e. The summed E-state index contributed by atoms with van der Waals surface area (Å²) in [5.74, 6) is -0.275. The van der Waals surface area contributed by atoms with Gasteiger partial charge in [-0.3, -0.25) is 4.79 Å². The van der Waals surface area contributed by atoms with Crippen molar-refractivity contribution in [2.24, 2.45) is 5.73 Å². The maximum Gasteiger partial charge on any atom is 0.256 e. The summed E-state index contributed by atoms with van der Waals surface area (Å²) < 4.78 is 5.44. The third-order valence-corrected chi connectivity index (χ3v) is 3.17. The lowest BCUT2D eigenvalue weighted by atomic mass is 10.1. The second kappa shape index (κ2) is 5.27. The van der Waals surface area contributed by atoms with Crippen LogP contribution in [0.5, 0.6) is 0 Å². The molecule has 0 aromatic heterocycles. The second-order valence-electron chi connectivity index (χ2n) is 4.40. The monoisotopic (exact) mass is 271 g/mol. The van der Waals surface area contributed by atoms with Crippen LogP contribution in [0.1, 0.15) is 0 Å². The highest BCUT2D eigenvalue weighted by Gasteiger charge is 2.45. The predicted octanol–water partition coefficient (Wildman–Crippen LogP) is -2.83. The molecule has 6 N–H and O–H groups in total. The van der Waals surface area contributed by atoms with E-state index in [0.717, 1.165) is 0 Å². The number of nitrogens with two attached hydrogens (primary N) is 1. The first kappa shape index (κ1) is 14.0. The number of carbonyl (C=O) groups is 1. The lowest BCUT2D eigenvalue weighted by Crippen LogP contribution is -2.48. The molecule has 0 saturated carbocycles. The van der Waals surface area contributed by atoms with Crippen molar-refractivity contribution in [1.82, 2.24) is 10.2 Å².